The molecule has 1 saturated heterocycles. The Morgan fingerprint density at radius 1 is 1.00 bits per heavy atom. The number of carbonyl (C=O) groups is 1. The quantitative estimate of drug-likeness (QED) is 0.779. The Balaban J connectivity index is 1.83. The minimum absolute atomic E-state index is 0.208. The lowest BCUT2D eigenvalue weighted by Crippen LogP contribution is -2.52. The topological polar surface area (TPSA) is 49.3 Å². The smallest absolute Gasteiger partial charge is 0.228 e. The second-order valence-corrected chi connectivity index (χ2v) is 8.55. The highest BCUT2D eigenvalue weighted by molar-refractivity contribution is 6.30. The molecule has 0 bridgehead atoms. The lowest BCUT2D eigenvalue weighted by Gasteiger charge is -2.38. The van der Waals surface area contributed by atoms with Crippen LogP contribution in [0.25, 0.3) is 11.4 Å². The van der Waals surface area contributed by atoms with Gasteiger partial charge in [-0.2, -0.15) is 0 Å². The van der Waals surface area contributed by atoms with Crippen LogP contribution in [0.15, 0.2) is 24.3 Å². The van der Waals surface area contributed by atoms with Crippen LogP contribution in [0, 0.1) is 19.3 Å². The van der Waals surface area contributed by atoms with E-state index < -0.39 is 0 Å². The van der Waals surface area contributed by atoms with Gasteiger partial charge in [-0.1, -0.05) is 32.4 Å². The Hall–Kier alpha value is -2.14. The van der Waals surface area contributed by atoms with Crippen LogP contribution < -0.4 is 4.90 Å². The second kappa shape index (κ2) is 7.47. The molecule has 0 radical (unpaired) electrons. The number of halogens is 1. The van der Waals surface area contributed by atoms with Crippen molar-refractivity contribution < 1.29 is 4.79 Å². The molecule has 0 N–H and O–H groups in total. The molecule has 1 aliphatic rings. The lowest BCUT2D eigenvalue weighted by atomic mass is 9.94. The van der Waals surface area contributed by atoms with Crippen molar-refractivity contribution >= 4 is 23.3 Å². The van der Waals surface area contributed by atoms with Crippen LogP contribution in [-0.4, -0.2) is 47.0 Å². The summed E-state index contributed by atoms with van der Waals surface area (Å²) in [5.74, 6) is 1.87. The first-order valence-corrected chi connectivity index (χ1v) is 9.70. The number of hydrogen-bond acceptors (Lipinski definition) is 4. The fourth-order valence-corrected chi connectivity index (χ4v) is 3.37. The van der Waals surface area contributed by atoms with Gasteiger partial charge in [0.2, 0.25) is 5.91 Å². The molecule has 27 heavy (non-hydrogen) atoms. The minimum atomic E-state index is -0.342. The lowest BCUT2D eigenvalue weighted by molar-refractivity contribution is -0.139. The van der Waals surface area contributed by atoms with Crippen LogP contribution in [0.5, 0.6) is 0 Å². The van der Waals surface area contributed by atoms with Crippen LogP contribution in [0.1, 0.15) is 32.0 Å². The standard InChI is InChI=1S/C21H27ClN4O/c1-14-15(2)23-18(16-6-8-17(22)9-7-16)24-19(14)25-10-12-26(13-11-25)20(27)21(3,4)5/h6-9H,10-13H2,1-5H3. The maximum absolute atomic E-state index is 12.5. The van der Waals surface area contributed by atoms with E-state index >= 15 is 0 Å². The number of piperazine rings is 1. The second-order valence-electron chi connectivity index (χ2n) is 8.12. The van der Waals surface area contributed by atoms with Gasteiger partial charge < -0.3 is 9.80 Å². The monoisotopic (exact) mass is 386 g/mol. The van der Waals surface area contributed by atoms with Crippen LogP contribution in [0.4, 0.5) is 5.82 Å². The number of anilines is 1. The first-order chi connectivity index (χ1) is 12.7. The zero-order chi connectivity index (χ0) is 19.8. The van der Waals surface area contributed by atoms with Crippen molar-refractivity contribution in [2.45, 2.75) is 34.6 Å². The first-order valence-electron chi connectivity index (χ1n) is 9.32. The van der Waals surface area contributed by atoms with Gasteiger partial charge in [0.1, 0.15) is 5.82 Å². The van der Waals surface area contributed by atoms with Gasteiger partial charge in [-0.15, -0.1) is 0 Å². The highest BCUT2D eigenvalue weighted by Crippen LogP contribution is 2.27. The molecule has 1 aromatic heterocycles. The number of benzene rings is 1. The van der Waals surface area contributed by atoms with Crippen molar-refractivity contribution in [1.29, 1.82) is 0 Å². The number of rotatable bonds is 2. The fraction of sp³-hybridized carbons (Fsp3) is 0.476. The Morgan fingerprint density at radius 3 is 2.15 bits per heavy atom. The molecule has 3 rings (SSSR count). The molecule has 1 fully saturated rings. The molecule has 0 spiro atoms. The molecular formula is C21H27ClN4O. The van der Waals surface area contributed by atoms with Gasteiger partial charge in [0.25, 0.3) is 0 Å². The molecule has 6 heteroatoms. The predicted molar refractivity (Wildman–Crippen MR) is 110 cm³/mol. The number of nitrogens with zero attached hydrogens (tertiary/aromatic N) is 4. The van der Waals surface area contributed by atoms with Crippen molar-refractivity contribution in [1.82, 2.24) is 14.9 Å². The molecule has 2 heterocycles. The summed E-state index contributed by atoms with van der Waals surface area (Å²) in [7, 11) is 0. The van der Waals surface area contributed by atoms with Gasteiger partial charge in [0.15, 0.2) is 5.82 Å². The number of aromatic nitrogens is 2. The van der Waals surface area contributed by atoms with E-state index in [4.69, 9.17) is 16.6 Å². The summed E-state index contributed by atoms with van der Waals surface area (Å²) in [6, 6.07) is 7.59. The third kappa shape index (κ3) is 4.24. The molecule has 1 aliphatic heterocycles. The Kier molecular flexibility index (Phi) is 5.43. The molecule has 144 valence electrons. The number of carbonyl (C=O) groups excluding carboxylic acids is 1. The summed E-state index contributed by atoms with van der Waals surface area (Å²) in [4.78, 5) is 26.2. The molecule has 0 aliphatic carbocycles. The van der Waals surface area contributed by atoms with Gasteiger partial charge in [-0.25, -0.2) is 9.97 Å². The Bertz CT molecular complexity index is 834. The van der Waals surface area contributed by atoms with Crippen molar-refractivity contribution in [2.24, 2.45) is 5.41 Å². The number of aryl methyl sites for hydroxylation is 1. The van der Waals surface area contributed by atoms with Gasteiger partial charge in [-0.05, 0) is 38.1 Å². The third-order valence-electron chi connectivity index (χ3n) is 4.97. The SMILES string of the molecule is Cc1nc(-c2ccc(Cl)cc2)nc(N2CCN(C(=O)C(C)(C)C)CC2)c1C. The van der Waals surface area contributed by atoms with E-state index in [1.54, 1.807) is 0 Å². The third-order valence-corrected chi connectivity index (χ3v) is 5.23. The van der Waals surface area contributed by atoms with E-state index in [0.717, 1.165) is 48.8 Å². The molecule has 5 nitrogen and oxygen atoms in total. The van der Waals surface area contributed by atoms with Gasteiger partial charge in [0, 0.05) is 53.4 Å². The summed E-state index contributed by atoms with van der Waals surface area (Å²) in [6.45, 7) is 13.0. The average molecular weight is 387 g/mol. The summed E-state index contributed by atoms with van der Waals surface area (Å²) < 4.78 is 0. The Morgan fingerprint density at radius 2 is 1.59 bits per heavy atom. The van der Waals surface area contributed by atoms with E-state index in [1.165, 1.54) is 0 Å². The average Bonchev–Trinajstić information content (AvgIpc) is 2.63. The summed E-state index contributed by atoms with van der Waals surface area (Å²) >= 11 is 6.00. The van der Waals surface area contributed by atoms with Crippen molar-refractivity contribution in [2.75, 3.05) is 31.1 Å². The molecule has 0 saturated carbocycles. The Labute approximate surface area is 166 Å². The van der Waals surface area contributed by atoms with Crippen LogP contribution in [0.3, 0.4) is 0 Å². The molecule has 0 atom stereocenters. The zero-order valence-electron chi connectivity index (χ0n) is 16.7. The van der Waals surface area contributed by atoms with E-state index in [9.17, 15) is 4.79 Å². The van der Waals surface area contributed by atoms with E-state index in [2.05, 4.69) is 16.8 Å². The maximum Gasteiger partial charge on any atom is 0.228 e. The molecule has 0 unspecified atom stereocenters. The van der Waals surface area contributed by atoms with Crippen LogP contribution >= 0.6 is 11.6 Å². The summed E-state index contributed by atoms with van der Waals surface area (Å²) in [6.07, 6.45) is 0. The van der Waals surface area contributed by atoms with Gasteiger partial charge in [-0.3, -0.25) is 4.79 Å². The molecular weight excluding hydrogens is 360 g/mol. The maximum atomic E-state index is 12.5. The highest BCUT2D eigenvalue weighted by Gasteiger charge is 2.30. The van der Waals surface area contributed by atoms with Crippen LogP contribution in [0.2, 0.25) is 5.02 Å². The predicted octanol–water partition coefficient (Wildman–Crippen LogP) is 4.11. The number of amides is 1. The summed E-state index contributed by atoms with van der Waals surface area (Å²) in [5, 5.41) is 0.697. The van der Waals surface area contributed by atoms with Crippen molar-refractivity contribution in [3.05, 3.63) is 40.5 Å². The summed E-state index contributed by atoms with van der Waals surface area (Å²) in [5.41, 5.74) is 2.66. The first kappa shape index (κ1) is 19.6. The molecule has 2 aromatic rings. The van der Waals surface area contributed by atoms with Crippen LogP contribution in [-0.2, 0) is 4.79 Å². The van der Waals surface area contributed by atoms with Gasteiger partial charge >= 0.3 is 0 Å². The number of hydrogen-bond donors (Lipinski definition) is 0. The largest absolute Gasteiger partial charge is 0.353 e. The van der Waals surface area contributed by atoms with Crippen molar-refractivity contribution in [3.8, 4) is 11.4 Å². The molecule has 1 amide bonds. The minimum Gasteiger partial charge on any atom is -0.353 e. The fourth-order valence-electron chi connectivity index (χ4n) is 3.25. The van der Waals surface area contributed by atoms with Crippen molar-refractivity contribution in [3.63, 3.8) is 0 Å². The van der Waals surface area contributed by atoms with E-state index in [-0.39, 0.29) is 11.3 Å². The van der Waals surface area contributed by atoms with E-state index in [0.29, 0.717) is 10.8 Å². The van der Waals surface area contributed by atoms with E-state index in [1.807, 2.05) is 56.9 Å². The van der Waals surface area contributed by atoms with Gasteiger partial charge in [0.05, 0.1) is 0 Å². The zero-order valence-corrected chi connectivity index (χ0v) is 17.5. The highest BCUT2D eigenvalue weighted by atomic mass is 35.5. The molecule has 1 aromatic carbocycles. The normalized spacial score (nSPS) is 15.2.